The number of hydrogen-bond acceptors (Lipinski definition) is 6. The summed E-state index contributed by atoms with van der Waals surface area (Å²) in [7, 11) is 0. The van der Waals surface area contributed by atoms with Gasteiger partial charge in [-0.2, -0.15) is 0 Å². The molecule has 4 aromatic rings. The van der Waals surface area contributed by atoms with Gasteiger partial charge in [-0.3, -0.25) is 9.78 Å². The third-order valence-electron chi connectivity index (χ3n) is 3.41. The lowest BCUT2D eigenvalue weighted by atomic mass is 10.2. The van der Waals surface area contributed by atoms with Crippen LogP contribution in [-0.2, 0) is 4.79 Å². The number of para-hydroxylation sites is 2. The number of thioether (sulfide) groups is 1. The first-order valence-electron chi connectivity index (χ1n) is 7.32. The molecule has 0 radical (unpaired) electrons. The summed E-state index contributed by atoms with van der Waals surface area (Å²) in [6.07, 6.45) is 1.69. The van der Waals surface area contributed by atoms with Crippen LogP contribution in [0.25, 0.3) is 21.1 Å². The molecule has 0 unspecified atom stereocenters. The molecule has 0 atom stereocenters. The molecule has 118 valence electrons. The molecule has 2 aromatic carbocycles. The summed E-state index contributed by atoms with van der Waals surface area (Å²) in [4.78, 5) is 20.9. The number of thiazole rings is 1. The van der Waals surface area contributed by atoms with Crippen molar-refractivity contribution in [2.75, 3.05) is 5.75 Å². The first kappa shape index (κ1) is 15.1. The average molecular weight is 352 g/mol. The highest BCUT2D eigenvalue weighted by molar-refractivity contribution is 8.01. The molecular weight excluding hydrogens is 340 g/mol. The minimum absolute atomic E-state index is 0.211. The molecule has 4 nitrogen and oxygen atoms in total. The van der Waals surface area contributed by atoms with Crippen molar-refractivity contribution in [1.29, 1.82) is 0 Å². The van der Waals surface area contributed by atoms with E-state index in [1.165, 1.54) is 11.8 Å². The van der Waals surface area contributed by atoms with E-state index >= 15 is 0 Å². The summed E-state index contributed by atoms with van der Waals surface area (Å²) in [5.41, 5.74) is 1.65. The van der Waals surface area contributed by atoms with E-state index < -0.39 is 0 Å². The number of carbonyl (C=O) groups excluding carboxylic acids is 1. The minimum Gasteiger partial charge on any atom is -0.424 e. The second-order valence-electron chi connectivity index (χ2n) is 5.04. The van der Waals surface area contributed by atoms with Crippen molar-refractivity contribution in [2.24, 2.45) is 0 Å². The van der Waals surface area contributed by atoms with Crippen molar-refractivity contribution in [3.8, 4) is 5.75 Å². The summed E-state index contributed by atoms with van der Waals surface area (Å²) in [6.45, 7) is 0. The second kappa shape index (κ2) is 6.59. The van der Waals surface area contributed by atoms with Gasteiger partial charge in [0, 0.05) is 11.6 Å². The number of pyridine rings is 1. The molecule has 0 spiro atoms. The Bertz CT molecular complexity index is 991. The predicted octanol–water partition coefficient (Wildman–Crippen LogP) is 4.54. The zero-order valence-electron chi connectivity index (χ0n) is 12.5. The fourth-order valence-corrected chi connectivity index (χ4v) is 4.19. The molecule has 0 saturated heterocycles. The first-order valence-corrected chi connectivity index (χ1v) is 9.12. The molecule has 0 bridgehead atoms. The molecular formula is C18H12N2O2S2. The van der Waals surface area contributed by atoms with Gasteiger partial charge in [-0.15, -0.1) is 11.3 Å². The Morgan fingerprint density at radius 3 is 2.88 bits per heavy atom. The van der Waals surface area contributed by atoms with Crippen molar-refractivity contribution in [2.45, 2.75) is 4.34 Å². The Labute approximate surface area is 146 Å². The zero-order chi connectivity index (χ0) is 16.4. The largest absolute Gasteiger partial charge is 0.424 e. The van der Waals surface area contributed by atoms with Crippen LogP contribution in [0.5, 0.6) is 5.75 Å². The van der Waals surface area contributed by atoms with Gasteiger partial charge in [0.1, 0.15) is 5.52 Å². The number of fused-ring (bicyclic) bond motifs is 2. The average Bonchev–Trinajstić information content (AvgIpc) is 3.03. The molecule has 4 rings (SSSR count). The summed E-state index contributed by atoms with van der Waals surface area (Å²) in [5, 5.41) is 0.946. The number of hydrogen-bond donors (Lipinski definition) is 0. The standard InChI is InChI=1S/C18H12N2O2S2/c21-16(11-23-18-20-13-7-1-2-9-15(13)24-18)22-14-8-3-5-12-6-4-10-19-17(12)14/h1-10H,11H2. The van der Waals surface area contributed by atoms with Gasteiger partial charge in [-0.1, -0.05) is 42.1 Å². The van der Waals surface area contributed by atoms with E-state index in [0.29, 0.717) is 11.3 Å². The van der Waals surface area contributed by atoms with E-state index in [-0.39, 0.29) is 11.7 Å². The number of nitrogens with zero attached hydrogens (tertiary/aromatic N) is 2. The van der Waals surface area contributed by atoms with E-state index in [0.717, 1.165) is 19.9 Å². The Kier molecular flexibility index (Phi) is 4.15. The van der Waals surface area contributed by atoms with Crippen LogP contribution >= 0.6 is 23.1 Å². The minimum atomic E-state index is -0.308. The lowest BCUT2D eigenvalue weighted by Crippen LogP contribution is -2.11. The van der Waals surface area contributed by atoms with E-state index in [2.05, 4.69) is 9.97 Å². The topological polar surface area (TPSA) is 52.1 Å². The van der Waals surface area contributed by atoms with Gasteiger partial charge in [0.25, 0.3) is 0 Å². The van der Waals surface area contributed by atoms with Crippen LogP contribution in [0.1, 0.15) is 0 Å². The van der Waals surface area contributed by atoms with Crippen LogP contribution < -0.4 is 4.74 Å². The van der Waals surface area contributed by atoms with Gasteiger partial charge in [0.05, 0.1) is 16.0 Å². The van der Waals surface area contributed by atoms with Crippen LogP contribution in [0.15, 0.2) is 65.1 Å². The quantitative estimate of drug-likeness (QED) is 0.306. The Morgan fingerprint density at radius 2 is 1.96 bits per heavy atom. The molecule has 0 aliphatic carbocycles. The number of ether oxygens (including phenoxy) is 1. The van der Waals surface area contributed by atoms with Crippen molar-refractivity contribution < 1.29 is 9.53 Å². The summed E-state index contributed by atoms with van der Waals surface area (Å²) >= 11 is 2.97. The Balaban J connectivity index is 1.46. The lowest BCUT2D eigenvalue weighted by Gasteiger charge is -2.06. The van der Waals surface area contributed by atoms with E-state index in [1.54, 1.807) is 23.6 Å². The van der Waals surface area contributed by atoms with Gasteiger partial charge in [-0.25, -0.2) is 4.98 Å². The van der Waals surface area contributed by atoms with Gasteiger partial charge in [0.2, 0.25) is 0 Å². The van der Waals surface area contributed by atoms with Crippen LogP contribution in [0.4, 0.5) is 0 Å². The van der Waals surface area contributed by atoms with Crippen LogP contribution in [0.2, 0.25) is 0 Å². The third-order valence-corrected chi connectivity index (χ3v) is 5.56. The number of aromatic nitrogens is 2. The van der Waals surface area contributed by atoms with Crippen molar-refractivity contribution in [3.05, 3.63) is 60.8 Å². The maximum absolute atomic E-state index is 12.2. The summed E-state index contributed by atoms with van der Waals surface area (Å²) < 4.78 is 7.46. The smallest absolute Gasteiger partial charge is 0.321 e. The molecule has 2 heterocycles. The molecule has 2 aromatic heterocycles. The lowest BCUT2D eigenvalue weighted by molar-refractivity contribution is -0.131. The highest BCUT2D eigenvalue weighted by Crippen LogP contribution is 2.30. The molecule has 0 amide bonds. The van der Waals surface area contributed by atoms with Gasteiger partial charge in [-0.05, 0) is 24.3 Å². The van der Waals surface area contributed by atoms with Gasteiger partial charge >= 0.3 is 5.97 Å². The highest BCUT2D eigenvalue weighted by atomic mass is 32.2. The van der Waals surface area contributed by atoms with E-state index in [1.807, 2.05) is 48.5 Å². The van der Waals surface area contributed by atoms with Gasteiger partial charge in [0.15, 0.2) is 10.1 Å². The van der Waals surface area contributed by atoms with Crippen molar-refractivity contribution in [3.63, 3.8) is 0 Å². The molecule has 0 N–H and O–H groups in total. The maximum atomic E-state index is 12.2. The van der Waals surface area contributed by atoms with E-state index in [9.17, 15) is 4.79 Å². The SMILES string of the molecule is O=C(CSc1nc2ccccc2s1)Oc1cccc2cccnc12. The fourth-order valence-electron chi connectivity index (χ4n) is 2.34. The second-order valence-corrected chi connectivity index (χ2v) is 7.29. The van der Waals surface area contributed by atoms with Gasteiger partial charge < -0.3 is 4.74 Å². The molecule has 0 aliphatic heterocycles. The highest BCUT2D eigenvalue weighted by Gasteiger charge is 2.11. The number of benzene rings is 2. The third kappa shape index (κ3) is 3.11. The Morgan fingerprint density at radius 1 is 1.08 bits per heavy atom. The number of esters is 1. The number of carbonyl (C=O) groups is 1. The first-order chi connectivity index (χ1) is 11.8. The number of rotatable bonds is 4. The molecule has 0 aliphatic rings. The molecule has 0 saturated carbocycles. The molecule has 0 fully saturated rings. The monoisotopic (exact) mass is 352 g/mol. The molecule has 6 heteroatoms. The zero-order valence-corrected chi connectivity index (χ0v) is 14.1. The predicted molar refractivity (Wildman–Crippen MR) is 97.7 cm³/mol. The summed E-state index contributed by atoms with van der Waals surface area (Å²) in [6, 6.07) is 17.3. The normalized spacial score (nSPS) is 11.0. The molecule has 24 heavy (non-hydrogen) atoms. The van der Waals surface area contributed by atoms with Crippen LogP contribution in [0, 0.1) is 0 Å². The maximum Gasteiger partial charge on any atom is 0.321 e. The van der Waals surface area contributed by atoms with Crippen molar-refractivity contribution >= 4 is 50.2 Å². The van der Waals surface area contributed by atoms with Crippen LogP contribution in [-0.4, -0.2) is 21.7 Å². The Hall–Kier alpha value is -2.44. The fraction of sp³-hybridized carbons (Fsp3) is 0.0556. The van der Waals surface area contributed by atoms with E-state index in [4.69, 9.17) is 4.74 Å². The van der Waals surface area contributed by atoms with Crippen molar-refractivity contribution in [1.82, 2.24) is 9.97 Å². The van der Waals surface area contributed by atoms with Crippen LogP contribution in [0.3, 0.4) is 0 Å². The summed E-state index contributed by atoms with van der Waals surface area (Å²) in [5.74, 6) is 0.392.